The standard InChI is InChI=1S/C21H19BrN2O2/c1-2-26-20(25)21(12-13-21)17-7-3-15(4-8-17)16-5-9-18(10-6-16)24-19(22)11-14-23-24/h3-11,14H,2,12-13H2,1H3. The third kappa shape index (κ3) is 2.97. The number of rotatable bonds is 5. The number of aromatic nitrogens is 2. The van der Waals surface area contributed by atoms with Crippen LogP contribution in [-0.4, -0.2) is 22.4 Å². The Morgan fingerprint density at radius 1 is 1.08 bits per heavy atom. The smallest absolute Gasteiger partial charge is 0.316 e. The van der Waals surface area contributed by atoms with Crippen LogP contribution >= 0.6 is 15.9 Å². The number of hydrogen-bond donors (Lipinski definition) is 0. The molecule has 0 spiro atoms. The minimum Gasteiger partial charge on any atom is -0.465 e. The summed E-state index contributed by atoms with van der Waals surface area (Å²) in [5, 5.41) is 4.29. The predicted molar refractivity (Wildman–Crippen MR) is 104 cm³/mol. The molecule has 1 heterocycles. The Morgan fingerprint density at radius 2 is 1.69 bits per heavy atom. The number of carbonyl (C=O) groups is 1. The van der Waals surface area contributed by atoms with Crippen molar-refractivity contribution in [2.24, 2.45) is 0 Å². The minimum atomic E-state index is -0.412. The molecule has 0 atom stereocenters. The van der Waals surface area contributed by atoms with Crippen molar-refractivity contribution in [3.8, 4) is 16.8 Å². The zero-order valence-electron chi connectivity index (χ0n) is 14.5. The minimum absolute atomic E-state index is 0.0955. The van der Waals surface area contributed by atoms with Gasteiger partial charge in [0.1, 0.15) is 4.60 Å². The van der Waals surface area contributed by atoms with Crippen LogP contribution in [0.25, 0.3) is 16.8 Å². The van der Waals surface area contributed by atoms with E-state index < -0.39 is 5.41 Å². The maximum atomic E-state index is 12.2. The van der Waals surface area contributed by atoms with Crippen LogP contribution in [0.1, 0.15) is 25.3 Å². The third-order valence-corrected chi connectivity index (χ3v) is 5.50. The normalized spacial score (nSPS) is 14.8. The summed E-state index contributed by atoms with van der Waals surface area (Å²) < 4.78 is 8.00. The Hall–Kier alpha value is -2.40. The van der Waals surface area contributed by atoms with Crippen molar-refractivity contribution in [3.63, 3.8) is 0 Å². The Bertz CT molecular complexity index is 925. The first kappa shape index (κ1) is 17.0. The molecule has 3 aromatic rings. The van der Waals surface area contributed by atoms with Crippen molar-refractivity contribution in [1.82, 2.24) is 9.78 Å². The van der Waals surface area contributed by atoms with E-state index in [1.807, 2.05) is 29.8 Å². The molecule has 26 heavy (non-hydrogen) atoms. The Kier molecular flexibility index (Phi) is 4.41. The Balaban J connectivity index is 1.56. The molecule has 0 aliphatic heterocycles. The SMILES string of the molecule is CCOC(=O)C1(c2ccc(-c3ccc(-n4nccc4Br)cc3)cc2)CC1. The van der Waals surface area contributed by atoms with Gasteiger partial charge < -0.3 is 4.74 Å². The van der Waals surface area contributed by atoms with Gasteiger partial charge in [-0.1, -0.05) is 36.4 Å². The van der Waals surface area contributed by atoms with Gasteiger partial charge in [-0.2, -0.15) is 5.10 Å². The van der Waals surface area contributed by atoms with Gasteiger partial charge in [-0.3, -0.25) is 4.79 Å². The third-order valence-electron chi connectivity index (χ3n) is 4.90. The molecule has 1 aliphatic carbocycles. The van der Waals surface area contributed by atoms with E-state index in [9.17, 15) is 4.79 Å². The summed E-state index contributed by atoms with van der Waals surface area (Å²) in [5.74, 6) is -0.0955. The second-order valence-corrected chi connectivity index (χ2v) is 7.31. The second kappa shape index (κ2) is 6.72. The average molecular weight is 411 g/mol. The topological polar surface area (TPSA) is 44.1 Å². The molecule has 5 heteroatoms. The Morgan fingerprint density at radius 3 is 2.19 bits per heavy atom. The van der Waals surface area contributed by atoms with Gasteiger partial charge in [-0.05, 0) is 70.6 Å². The maximum Gasteiger partial charge on any atom is 0.316 e. The highest BCUT2D eigenvalue weighted by Gasteiger charge is 2.52. The molecule has 132 valence electrons. The number of esters is 1. The molecule has 2 aromatic carbocycles. The first-order chi connectivity index (χ1) is 12.6. The lowest BCUT2D eigenvalue weighted by Crippen LogP contribution is -2.23. The molecular formula is C21H19BrN2O2. The summed E-state index contributed by atoms with van der Waals surface area (Å²) in [4.78, 5) is 12.2. The Labute approximate surface area is 160 Å². The van der Waals surface area contributed by atoms with E-state index in [1.165, 1.54) is 0 Å². The van der Waals surface area contributed by atoms with Gasteiger partial charge in [0, 0.05) is 0 Å². The number of halogens is 1. The summed E-state index contributed by atoms with van der Waals surface area (Å²) in [6.45, 7) is 2.28. The summed E-state index contributed by atoms with van der Waals surface area (Å²) >= 11 is 3.48. The molecule has 0 N–H and O–H groups in total. The molecule has 1 aliphatic rings. The van der Waals surface area contributed by atoms with E-state index in [0.29, 0.717) is 6.61 Å². The molecule has 0 radical (unpaired) electrons. The largest absolute Gasteiger partial charge is 0.465 e. The van der Waals surface area contributed by atoms with Crippen LogP contribution < -0.4 is 0 Å². The van der Waals surface area contributed by atoms with E-state index >= 15 is 0 Å². The number of ether oxygens (including phenoxy) is 1. The molecule has 4 rings (SSSR count). The van der Waals surface area contributed by atoms with Gasteiger partial charge in [0.25, 0.3) is 0 Å². The van der Waals surface area contributed by atoms with Gasteiger partial charge in [0.05, 0.1) is 23.9 Å². The van der Waals surface area contributed by atoms with Crippen LogP contribution in [0.4, 0.5) is 0 Å². The molecule has 4 nitrogen and oxygen atoms in total. The van der Waals surface area contributed by atoms with Gasteiger partial charge in [0.2, 0.25) is 0 Å². The van der Waals surface area contributed by atoms with Crippen LogP contribution in [-0.2, 0) is 14.9 Å². The first-order valence-corrected chi connectivity index (χ1v) is 9.51. The van der Waals surface area contributed by atoms with Crippen molar-refractivity contribution in [3.05, 3.63) is 71.0 Å². The number of carbonyl (C=O) groups excluding carboxylic acids is 1. The van der Waals surface area contributed by atoms with Crippen molar-refractivity contribution in [2.75, 3.05) is 6.61 Å². The predicted octanol–water partition coefficient (Wildman–Crippen LogP) is 4.90. The maximum absolute atomic E-state index is 12.2. The lowest BCUT2D eigenvalue weighted by atomic mass is 9.93. The molecule has 1 aromatic heterocycles. The molecule has 1 saturated carbocycles. The summed E-state index contributed by atoms with van der Waals surface area (Å²) in [7, 11) is 0. The molecular weight excluding hydrogens is 392 g/mol. The van der Waals surface area contributed by atoms with Gasteiger partial charge >= 0.3 is 5.97 Å². The zero-order chi connectivity index (χ0) is 18.1. The van der Waals surface area contributed by atoms with Gasteiger partial charge in [0.15, 0.2) is 0 Å². The lowest BCUT2D eigenvalue weighted by molar-refractivity contribution is -0.146. The van der Waals surface area contributed by atoms with Crippen molar-refractivity contribution in [2.45, 2.75) is 25.2 Å². The first-order valence-electron chi connectivity index (χ1n) is 8.72. The average Bonchev–Trinajstić information content (AvgIpc) is 3.38. The van der Waals surface area contributed by atoms with E-state index in [0.717, 1.165) is 39.8 Å². The van der Waals surface area contributed by atoms with Crippen LogP contribution in [0, 0.1) is 0 Å². The van der Waals surface area contributed by atoms with E-state index in [1.54, 1.807) is 6.20 Å². The van der Waals surface area contributed by atoms with E-state index in [2.05, 4.69) is 57.4 Å². The fourth-order valence-electron chi connectivity index (χ4n) is 3.26. The fourth-order valence-corrected chi connectivity index (χ4v) is 3.67. The molecule has 0 amide bonds. The number of hydrogen-bond acceptors (Lipinski definition) is 3. The van der Waals surface area contributed by atoms with Crippen LogP contribution in [0.2, 0.25) is 0 Å². The van der Waals surface area contributed by atoms with Crippen molar-refractivity contribution < 1.29 is 9.53 Å². The van der Waals surface area contributed by atoms with Crippen LogP contribution in [0.15, 0.2) is 65.4 Å². The highest BCUT2D eigenvalue weighted by atomic mass is 79.9. The summed E-state index contributed by atoms with van der Waals surface area (Å²) in [6.07, 6.45) is 3.51. The zero-order valence-corrected chi connectivity index (χ0v) is 16.1. The van der Waals surface area contributed by atoms with Crippen molar-refractivity contribution in [1.29, 1.82) is 0 Å². The lowest BCUT2D eigenvalue weighted by Gasteiger charge is -2.14. The van der Waals surface area contributed by atoms with Crippen LogP contribution in [0.3, 0.4) is 0 Å². The monoisotopic (exact) mass is 410 g/mol. The summed E-state index contributed by atoms with van der Waals surface area (Å²) in [6, 6.07) is 18.4. The molecule has 1 fully saturated rings. The quantitative estimate of drug-likeness (QED) is 0.562. The van der Waals surface area contributed by atoms with E-state index in [-0.39, 0.29) is 5.97 Å². The van der Waals surface area contributed by atoms with Crippen LogP contribution in [0.5, 0.6) is 0 Å². The van der Waals surface area contributed by atoms with Gasteiger partial charge in [-0.15, -0.1) is 0 Å². The van der Waals surface area contributed by atoms with Crippen molar-refractivity contribution >= 4 is 21.9 Å². The molecule has 0 unspecified atom stereocenters. The number of benzene rings is 2. The fraction of sp³-hybridized carbons (Fsp3) is 0.238. The van der Waals surface area contributed by atoms with E-state index in [4.69, 9.17) is 4.74 Å². The number of nitrogens with zero attached hydrogens (tertiary/aromatic N) is 2. The highest BCUT2D eigenvalue weighted by Crippen LogP contribution is 2.49. The highest BCUT2D eigenvalue weighted by molar-refractivity contribution is 9.10. The molecule has 0 bridgehead atoms. The summed E-state index contributed by atoms with van der Waals surface area (Å²) in [5.41, 5.74) is 3.90. The second-order valence-electron chi connectivity index (χ2n) is 6.49. The molecule has 0 saturated heterocycles. The van der Waals surface area contributed by atoms with Gasteiger partial charge in [-0.25, -0.2) is 4.68 Å².